The summed E-state index contributed by atoms with van der Waals surface area (Å²) in [5, 5.41) is 10.2. The highest BCUT2D eigenvalue weighted by Gasteiger charge is 2.14. The van der Waals surface area contributed by atoms with E-state index in [1.807, 2.05) is 35.7 Å². The third-order valence-electron chi connectivity index (χ3n) is 2.53. The summed E-state index contributed by atoms with van der Waals surface area (Å²) in [6.07, 6.45) is 1.49. The molecule has 6 heteroatoms. The summed E-state index contributed by atoms with van der Waals surface area (Å²) in [5.74, 6) is -0.0987. The van der Waals surface area contributed by atoms with Gasteiger partial charge >= 0.3 is 0 Å². The molecule has 0 N–H and O–H groups in total. The molecule has 0 bridgehead atoms. The average molecular weight is 334 g/mol. The Kier molecular flexibility index (Phi) is 3.27. The minimum absolute atomic E-state index is 0.0987. The predicted octanol–water partition coefficient (Wildman–Crippen LogP) is 3.32. The van der Waals surface area contributed by atoms with Crippen LogP contribution in [0.4, 0.5) is 0 Å². The van der Waals surface area contributed by atoms with Gasteiger partial charge in [-0.3, -0.25) is 4.79 Å². The lowest BCUT2D eigenvalue weighted by Gasteiger charge is -1.98. The Morgan fingerprint density at radius 1 is 1.21 bits per heavy atom. The van der Waals surface area contributed by atoms with Crippen molar-refractivity contribution in [3.8, 4) is 5.69 Å². The molecule has 94 valence electrons. The van der Waals surface area contributed by atoms with E-state index in [1.165, 1.54) is 22.3 Å². The van der Waals surface area contributed by atoms with Crippen LogP contribution in [0.15, 0.2) is 52.4 Å². The molecule has 0 amide bonds. The van der Waals surface area contributed by atoms with E-state index in [9.17, 15) is 4.79 Å². The van der Waals surface area contributed by atoms with Crippen LogP contribution in [0.1, 0.15) is 15.4 Å². The molecule has 0 radical (unpaired) electrons. The Bertz CT molecular complexity index is 704. The van der Waals surface area contributed by atoms with Crippen LogP contribution < -0.4 is 0 Å². The van der Waals surface area contributed by atoms with Crippen LogP contribution in [-0.4, -0.2) is 20.8 Å². The van der Waals surface area contributed by atoms with Gasteiger partial charge in [0.25, 0.3) is 0 Å². The molecule has 0 aliphatic rings. The summed E-state index contributed by atoms with van der Waals surface area (Å²) in [6, 6.07) is 11.2. The second-order valence-electron chi connectivity index (χ2n) is 3.80. The minimum Gasteiger partial charge on any atom is -0.286 e. The highest BCUT2D eigenvalue weighted by Crippen LogP contribution is 2.15. The fourth-order valence-electron chi connectivity index (χ4n) is 1.60. The number of carbonyl (C=O) groups is 1. The number of nitrogens with zero attached hydrogens (tertiary/aromatic N) is 3. The number of hydrogen-bond acceptors (Lipinski definition) is 4. The zero-order valence-electron chi connectivity index (χ0n) is 9.65. The quantitative estimate of drug-likeness (QED) is 0.691. The van der Waals surface area contributed by atoms with Gasteiger partial charge < -0.3 is 0 Å². The van der Waals surface area contributed by atoms with Gasteiger partial charge in [-0.25, -0.2) is 0 Å². The van der Waals surface area contributed by atoms with E-state index in [0.29, 0.717) is 10.6 Å². The first kappa shape index (κ1) is 12.3. The van der Waals surface area contributed by atoms with Crippen molar-refractivity contribution in [2.75, 3.05) is 0 Å². The van der Waals surface area contributed by atoms with Gasteiger partial charge in [0, 0.05) is 4.47 Å². The molecule has 1 aromatic carbocycles. The zero-order chi connectivity index (χ0) is 13.2. The van der Waals surface area contributed by atoms with Crippen LogP contribution in [0.3, 0.4) is 0 Å². The van der Waals surface area contributed by atoms with Gasteiger partial charge in [-0.15, -0.1) is 16.4 Å². The number of aromatic nitrogens is 3. The van der Waals surface area contributed by atoms with Crippen molar-refractivity contribution in [2.24, 2.45) is 0 Å². The number of thiophene rings is 1. The largest absolute Gasteiger partial charge is 0.286 e. The van der Waals surface area contributed by atoms with Gasteiger partial charge in [-0.1, -0.05) is 22.0 Å². The van der Waals surface area contributed by atoms with E-state index in [-0.39, 0.29) is 5.78 Å². The van der Waals surface area contributed by atoms with Crippen molar-refractivity contribution in [3.63, 3.8) is 0 Å². The third kappa shape index (κ3) is 2.50. The molecule has 2 heterocycles. The molecule has 3 aromatic rings. The van der Waals surface area contributed by atoms with E-state index >= 15 is 0 Å². The maximum atomic E-state index is 12.1. The molecular formula is C13H8BrN3OS. The second kappa shape index (κ2) is 5.07. The predicted molar refractivity (Wildman–Crippen MR) is 76.8 cm³/mol. The fourth-order valence-corrected chi connectivity index (χ4v) is 2.54. The summed E-state index contributed by atoms with van der Waals surface area (Å²) < 4.78 is 0.985. The van der Waals surface area contributed by atoms with E-state index in [0.717, 1.165) is 10.2 Å². The molecular weight excluding hydrogens is 326 g/mol. The molecule has 0 aliphatic carbocycles. The van der Waals surface area contributed by atoms with Gasteiger partial charge in [0.2, 0.25) is 5.78 Å². The lowest BCUT2D eigenvalue weighted by atomic mass is 10.2. The summed E-state index contributed by atoms with van der Waals surface area (Å²) >= 11 is 4.77. The minimum atomic E-state index is -0.0987. The molecule has 0 unspecified atom stereocenters. The van der Waals surface area contributed by atoms with Crippen molar-refractivity contribution in [3.05, 3.63) is 63.0 Å². The molecule has 3 rings (SSSR count). The number of halogens is 1. The molecule has 0 aliphatic heterocycles. The lowest BCUT2D eigenvalue weighted by Crippen LogP contribution is -2.03. The van der Waals surface area contributed by atoms with Crippen LogP contribution in [0.2, 0.25) is 0 Å². The highest BCUT2D eigenvalue weighted by atomic mass is 79.9. The first-order valence-corrected chi connectivity index (χ1v) is 7.18. The standard InChI is InChI=1S/C13H8BrN3OS/c14-9-3-5-10(6-4-9)17-15-8-11(16-17)13(18)12-2-1-7-19-12/h1-8H. The first-order valence-electron chi connectivity index (χ1n) is 5.50. The molecule has 19 heavy (non-hydrogen) atoms. The normalized spacial score (nSPS) is 10.6. The van der Waals surface area contributed by atoms with Gasteiger partial charge in [0.1, 0.15) is 0 Å². The van der Waals surface area contributed by atoms with Gasteiger partial charge in [0.15, 0.2) is 5.69 Å². The summed E-state index contributed by atoms with van der Waals surface area (Å²) in [6.45, 7) is 0. The number of hydrogen-bond donors (Lipinski definition) is 0. The lowest BCUT2D eigenvalue weighted by molar-refractivity contribution is 0.103. The molecule has 2 aromatic heterocycles. The van der Waals surface area contributed by atoms with Gasteiger partial charge in [0.05, 0.1) is 16.8 Å². The van der Waals surface area contributed by atoms with Crippen LogP contribution in [0, 0.1) is 0 Å². The van der Waals surface area contributed by atoms with E-state index < -0.39 is 0 Å². The summed E-state index contributed by atoms with van der Waals surface area (Å²) in [7, 11) is 0. The smallest absolute Gasteiger partial charge is 0.224 e. The Morgan fingerprint density at radius 3 is 2.68 bits per heavy atom. The first-order chi connectivity index (χ1) is 9.24. The highest BCUT2D eigenvalue weighted by molar-refractivity contribution is 9.10. The van der Waals surface area contributed by atoms with E-state index in [2.05, 4.69) is 26.1 Å². The Labute approximate surface area is 121 Å². The SMILES string of the molecule is O=C(c1cnn(-c2ccc(Br)cc2)n1)c1cccs1. The summed E-state index contributed by atoms with van der Waals surface area (Å²) in [5.41, 5.74) is 1.17. The van der Waals surface area contributed by atoms with Crippen molar-refractivity contribution in [1.82, 2.24) is 15.0 Å². The number of carbonyl (C=O) groups excluding carboxylic acids is 1. The Hall–Kier alpha value is -1.79. The fraction of sp³-hybridized carbons (Fsp3) is 0. The van der Waals surface area contributed by atoms with Crippen LogP contribution >= 0.6 is 27.3 Å². The Balaban J connectivity index is 1.91. The average Bonchev–Trinajstić information content (AvgIpc) is 3.10. The number of rotatable bonds is 3. The number of benzene rings is 1. The van der Waals surface area contributed by atoms with Crippen LogP contribution in [0.5, 0.6) is 0 Å². The van der Waals surface area contributed by atoms with E-state index in [1.54, 1.807) is 6.07 Å². The molecule has 0 saturated heterocycles. The van der Waals surface area contributed by atoms with Crippen molar-refractivity contribution < 1.29 is 4.79 Å². The van der Waals surface area contributed by atoms with Crippen LogP contribution in [0.25, 0.3) is 5.69 Å². The maximum Gasteiger partial charge on any atom is 0.224 e. The van der Waals surface area contributed by atoms with Crippen molar-refractivity contribution in [2.45, 2.75) is 0 Å². The maximum absolute atomic E-state index is 12.1. The topological polar surface area (TPSA) is 47.8 Å². The molecule has 0 fully saturated rings. The third-order valence-corrected chi connectivity index (χ3v) is 3.92. The monoisotopic (exact) mass is 333 g/mol. The van der Waals surface area contributed by atoms with Crippen molar-refractivity contribution >= 4 is 33.0 Å². The molecule has 0 atom stereocenters. The van der Waals surface area contributed by atoms with Gasteiger partial charge in [-0.2, -0.15) is 9.90 Å². The Morgan fingerprint density at radius 2 is 2.00 bits per heavy atom. The molecule has 0 spiro atoms. The van der Waals surface area contributed by atoms with Crippen LogP contribution in [-0.2, 0) is 0 Å². The zero-order valence-corrected chi connectivity index (χ0v) is 12.1. The number of ketones is 1. The second-order valence-corrected chi connectivity index (χ2v) is 5.67. The molecule has 0 saturated carbocycles. The van der Waals surface area contributed by atoms with E-state index in [4.69, 9.17) is 0 Å². The van der Waals surface area contributed by atoms with Crippen molar-refractivity contribution in [1.29, 1.82) is 0 Å². The summed E-state index contributed by atoms with van der Waals surface area (Å²) in [4.78, 5) is 14.2. The van der Waals surface area contributed by atoms with Gasteiger partial charge in [-0.05, 0) is 35.7 Å². The molecule has 4 nitrogen and oxygen atoms in total.